The molecular weight excluding hydrogens is 395 g/mol. The van der Waals surface area contributed by atoms with E-state index in [2.05, 4.69) is 22.6 Å². The van der Waals surface area contributed by atoms with Crippen LogP contribution in [0.5, 0.6) is 0 Å². The average molecular weight is 412 g/mol. The van der Waals surface area contributed by atoms with Crippen LogP contribution in [0.3, 0.4) is 0 Å². The molecule has 2 nitrogen and oxygen atoms in total. The maximum absolute atomic E-state index is 12.4. The van der Waals surface area contributed by atoms with Crippen molar-refractivity contribution in [1.29, 1.82) is 0 Å². The van der Waals surface area contributed by atoms with Crippen molar-refractivity contribution in [3.8, 4) is 0 Å². The van der Waals surface area contributed by atoms with Crippen LogP contribution in [0.25, 0.3) is 0 Å². The van der Waals surface area contributed by atoms with Gasteiger partial charge in [-0.2, -0.15) is 0 Å². The fourth-order valence-corrected chi connectivity index (χ4v) is 4.37. The molecule has 0 fully saturated rings. The van der Waals surface area contributed by atoms with Crippen LogP contribution in [0.15, 0.2) is 74.5 Å². The molecule has 0 spiro atoms. The zero-order valence-electron chi connectivity index (χ0n) is 11.7. The number of halogens is 1. The highest BCUT2D eigenvalue weighted by Gasteiger charge is 2.30. The van der Waals surface area contributed by atoms with Crippen LogP contribution in [0.1, 0.15) is 18.9 Å². The van der Waals surface area contributed by atoms with E-state index in [-0.39, 0.29) is 0 Å². The summed E-state index contributed by atoms with van der Waals surface area (Å²) in [6.45, 7) is 1.92. The Kier molecular flexibility index (Phi) is 5.72. The Bertz CT molecular complexity index is 640. The lowest BCUT2D eigenvalue weighted by molar-refractivity contribution is 0.0833. The van der Waals surface area contributed by atoms with Gasteiger partial charge in [0.25, 0.3) is 0 Å². The van der Waals surface area contributed by atoms with Crippen LogP contribution in [0.4, 0.5) is 0 Å². The Labute approximate surface area is 141 Å². The summed E-state index contributed by atoms with van der Waals surface area (Å²) in [7, 11) is -1.26. The molecule has 21 heavy (non-hydrogen) atoms. The van der Waals surface area contributed by atoms with Crippen molar-refractivity contribution in [2.45, 2.75) is 23.8 Å². The highest BCUT2D eigenvalue weighted by atomic mass is 127. The predicted molar refractivity (Wildman–Crippen MR) is 95.6 cm³/mol. The Morgan fingerprint density at radius 1 is 1.14 bits per heavy atom. The van der Waals surface area contributed by atoms with Crippen LogP contribution in [-0.2, 0) is 16.4 Å². The number of hydrogen-bond donors (Lipinski definition) is 1. The van der Waals surface area contributed by atoms with Crippen molar-refractivity contribution in [3.05, 3.63) is 75.2 Å². The van der Waals surface area contributed by atoms with Gasteiger partial charge in [0.2, 0.25) is 0 Å². The molecule has 2 aromatic rings. The molecule has 2 unspecified atom stereocenters. The maximum atomic E-state index is 12.4. The Morgan fingerprint density at radius 3 is 2.19 bits per heavy atom. The molecule has 2 aromatic carbocycles. The summed E-state index contributed by atoms with van der Waals surface area (Å²) in [5, 5.41) is 12.6. The number of benzene rings is 2. The lowest BCUT2D eigenvalue weighted by atomic mass is 9.91. The van der Waals surface area contributed by atoms with Crippen molar-refractivity contribution in [2.24, 2.45) is 0 Å². The van der Waals surface area contributed by atoms with E-state index in [0.29, 0.717) is 10.0 Å². The second-order valence-electron chi connectivity index (χ2n) is 4.66. The quantitative estimate of drug-likeness (QED) is 0.741. The predicted octanol–water partition coefficient (Wildman–Crippen LogP) is 4.37. The molecule has 110 valence electrons. The Balaban J connectivity index is 2.34. The fourth-order valence-electron chi connectivity index (χ4n) is 2.04. The summed E-state index contributed by atoms with van der Waals surface area (Å²) in [4.78, 5) is 0.734. The normalized spacial score (nSPS) is 16.2. The molecule has 1 N–H and O–H groups in total. The molecule has 0 aliphatic rings. The lowest BCUT2D eigenvalue weighted by Gasteiger charge is -2.27. The van der Waals surface area contributed by atoms with E-state index >= 15 is 0 Å². The molecule has 2 rings (SSSR count). The maximum Gasteiger partial charge on any atom is 0.121 e. The molecule has 0 amide bonds. The van der Waals surface area contributed by atoms with E-state index in [1.54, 1.807) is 5.41 Å². The highest BCUT2D eigenvalue weighted by Crippen LogP contribution is 2.37. The third-order valence-electron chi connectivity index (χ3n) is 3.34. The lowest BCUT2D eigenvalue weighted by Crippen LogP contribution is -2.25. The van der Waals surface area contributed by atoms with E-state index in [4.69, 9.17) is 0 Å². The molecular formula is C17H17IO2S. The molecule has 0 saturated carbocycles. The van der Waals surface area contributed by atoms with E-state index < -0.39 is 16.4 Å². The van der Waals surface area contributed by atoms with Crippen molar-refractivity contribution < 1.29 is 9.32 Å². The summed E-state index contributed by atoms with van der Waals surface area (Å²) in [5.41, 5.74) is -0.273. The SMILES string of the molecule is CCC(O)(/C(I)=C\S(=O)c1ccccc1)c1ccccc1. The van der Waals surface area contributed by atoms with Gasteiger partial charge in [0, 0.05) is 13.9 Å². The topological polar surface area (TPSA) is 37.3 Å². The summed E-state index contributed by atoms with van der Waals surface area (Å²) < 4.78 is 13.0. The van der Waals surface area contributed by atoms with Gasteiger partial charge in [0.15, 0.2) is 0 Å². The molecule has 0 aliphatic carbocycles. The van der Waals surface area contributed by atoms with Crippen molar-refractivity contribution in [1.82, 2.24) is 0 Å². The van der Waals surface area contributed by atoms with E-state index in [9.17, 15) is 9.32 Å². The monoisotopic (exact) mass is 412 g/mol. The second kappa shape index (κ2) is 7.33. The molecule has 0 radical (unpaired) electrons. The van der Waals surface area contributed by atoms with Crippen LogP contribution in [0, 0.1) is 0 Å². The first-order valence-corrected chi connectivity index (χ1v) is 8.98. The van der Waals surface area contributed by atoms with Gasteiger partial charge in [-0.05, 0) is 46.7 Å². The first kappa shape index (κ1) is 16.4. The van der Waals surface area contributed by atoms with Crippen molar-refractivity contribution in [2.75, 3.05) is 0 Å². The third-order valence-corrected chi connectivity index (χ3v) is 6.16. The fraction of sp³-hybridized carbons (Fsp3) is 0.176. The Morgan fingerprint density at radius 2 is 1.67 bits per heavy atom. The third kappa shape index (κ3) is 3.81. The molecule has 0 aromatic heterocycles. The van der Waals surface area contributed by atoms with E-state index in [0.717, 1.165) is 10.5 Å². The molecule has 0 bridgehead atoms. The van der Waals surface area contributed by atoms with Gasteiger partial charge in [-0.3, -0.25) is 0 Å². The largest absolute Gasteiger partial charge is 0.380 e. The van der Waals surface area contributed by atoms with E-state index in [1.807, 2.05) is 67.6 Å². The second-order valence-corrected chi connectivity index (χ2v) is 7.12. The van der Waals surface area contributed by atoms with Gasteiger partial charge in [0.05, 0.1) is 10.8 Å². The number of rotatable bonds is 5. The van der Waals surface area contributed by atoms with E-state index in [1.165, 1.54) is 0 Å². The first-order chi connectivity index (χ1) is 10.1. The van der Waals surface area contributed by atoms with Crippen LogP contribution >= 0.6 is 22.6 Å². The van der Waals surface area contributed by atoms with Gasteiger partial charge in [-0.25, -0.2) is 4.21 Å². The van der Waals surface area contributed by atoms with Crippen molar-refractivity contribution >= 4 is 33.4 Å². The van der Waals surface area contributed by atoms with Gasteiger partial charge in [-0.1, -0.05) is 55.5 Å². The molecule has 0 heterocycles. The minimum Gasteiger partial charge on any atom is -0.380 e. The number of aliphatic hydroxyl groups is 1. The Hall–Kier alpha value is -0.980. The minimum atomic E-state index is -1.26. The van der Waals surface area contributed by atoms with Crippen LogP contribution in [0.2, 0.25) is 0 Å². The highest BCUT2D eigenvalue weighted by molar-refractivity contribution is 14.1. The van der Waals surface area contributed by atoms with Gasteiger partial charge < -0.3 is 5.11 Å². The van der Waals surface area contributed by atoms with Gasteiger partial charge >= 0.3 is 0 Å². The van der Waals surface area contributed by atoms with Crippen LogP contribution < -0.4 is 0 Å². The van der Waals surface area contributed by atoms with Crippen LogP contribution in [-0.4, -0.2) is 9.32 Å². The first-order valence-electron chi connectivity index (χ1n) is 6.69. The number of hydrogen-bond acceptors (Lipinski definition) is 2. The zero-order chi connectivity index (χ0) is 15.3. The molecule has 0 aliphatic heterocycles. The minimum absolute atomic E-state index is 0.526. The molecule has 4 heteroatoms. The van der Waals surface area contributed by atoms with Crippen molar-refractivity contribution in [3.63, 3.8) is 0 Å². The average Bonchev–Trinajstić information content (AvgIpc) is 2.55. The molecule has 0 saturated heterocycles. The van der Waals surface area contributed by atoms with Gasteiger partial charge in [0.1, 0.15) is 5.60 Å². The summed E-state index contributed by atoms with van der Waals surface area (Å²) in [6, 6.07) is 18.7. The zero-order valence-corrected chi connectivity index (χ0v) is 14.7. The van der Waals surface area contributed by atoms with Gasteiger partial charge in [-0.15, -0.1) is 0 Å². The summed E-state index contributed by atoms with van der Waals surface area (Å²) >= 11 is 2.08. The summed E-state index contributed by atoms with van der Waals surface area (Å²) in [6.07, 6.45) is 0.526. The standard InChI is InChI=1S/C17H17IO2S/c1-2-17(19,14-9-5-3-6-10-14)16(18)13-21(20)15-11-7-4-8-12-15/h3-13,19H,2H2,1H3/b16-13+. The smallest absolute Gasteiger partial charge is 0.121 e. The molecule has 2 atom stereocenters. The summed E-state index contributed by atoms with van der Waals surface area (Å²) in [5.74, 6) is 0.